The Morgan fingerprint density at radius 2 is 0.938 bits per heavy atom. The largest absolute Gasteiger partial charge is 0.356 e. The van der Waals surface area contributed by atoms with Gasteiger partial charge in [-0.1, -0.05) is 129 Å². The van der Waals surface area contributed by atoms with Gasteiger partial charge >= 0.3 is 0 Å². The lowest BCUT2D eigenvalue weighted by Gasteiger charge is -2.35. The van der Waals surface area contributed by atoms with Crippen molar-refractivity contribution < 1.29 is 0 Å². The van der Waals surface area contributed by atoms with E-state index in [4.69, 9.17) is 0 Å². The van der Waals surface area contributed by atoms with Gasteiger partial charge in [0.25, 0.3) is 0 Å². The van der Waals surface area contributed by atoms with E-state index in [9.17, 15) is 0 Å². The summed E-state index contributed by atoms with van der Waals surface area (Å²) in [6.45, 7) is 10.5. The van der Waals surface area contributed by atoms with E-state index in [0.29, 0.717) is 12.2 Å². The summed E-state index contributed by atoms with van der Waals surface area (Å²) in [4.78, 5) is 5.25. The summed E-state index contributed by atoms with van der Waals surface area (Å²) < 4.78 is 0. The Morgan fingerprint density at radius 3 is 1.38 bits per heavy atom. The number of hydrogen-bond donors (Lipinski definition) is 0. The summed E-state index contributed by atoms with van der Waals surface area (Å²) >= 11 is 0. The zero-order valence-corrected chi connectivity index (χ0v) is 22.8. The summed E-state index contributed by atoms with van der Waals surface area (Å²) in [7, 11) is 0. The molecule has 0 aliphatic carbocycles. The average molecular weight is 449 g/mol. The molecule has 0 amide bonds. The maximum Gasteiger partial charge on any atom is 0.101 e. The van der Waals surface area contributed by atoms with Crippen LogP contribution in [-0.2, 0) is 0 Å². The number of hydrogen-bond acceptors (Lipinski definition) is 2. The third-order valence-corrected chi connectivity index (χ3v) is 7.34. The number of nitrogens with zero attached hydrogens (tertiary/aromatic N) is 2. The molecule has 0 spiro atoms. The Labute approximate surface area is 203 Å². The van der Waals surface area contributed by atoms with Gasteiger partial charge in [0.1, 0.15) is 6.17 Å². The molecule has 0 radical (unpaired) electrons. The molecule has 190 valence electrons. The van der Waals surface area contributed by atoms with Crippen molar-refractivity contribution in [3.63, 3.8) is 0 Å². The first-order valence-corrected chi connectivity index (χ1v) is 14.9. The third kappa shape index (κ3) is 14.5. The highest BCUT2D eigenvalue weighted by Crippen LogP contribution is 2.25. The van der Waals surface area contributed by atoms with Gasteiger partial charge in [-0.3, -0.25) is 0 Å². The first kappa shape index (κ1) is 29.4. The van der Waals surface area contributed by atoms with Crippen molar-refractivity contribution >= 4 is 0 Å². The predicted molar refractivity (Wildman–Crippen MR) is 145 cm³/mol. The van der Waals surface area contributed by atoms with Crippen molar-refractivity contribution in [3.8, 4) is 0 Å². The molecule has 0 aromatic carbocycles. The van der Waals surface area contributed by atoms with Crippen LogP contribution in [0.15, 0.2) is 12.4 Å². The van der Waals surface area contributed by atoms with Crippen LogP contribution >= 0.6 is 0 Å². The molecule has 1 heterocycles. The monoisotopic (exact) mass is 448 g/mol. The highest BCUT2D eigenvalue weighted by molar-refractivity contribution is 4.98. The molecule has 1 aliphatic heterocycles. The molecule has 0 fully saturated rings. The van der Waals surface area contributed by atoms with Crippen LogP contribution in [0.4, 0.5) is 0 Å². The Morgan fingerprint density at radius 1 is 0.531 bits per heavy atom. The second kappa shape index (κ2) is 20.9. The molecule has 1 unspecified atom stereocenters. The van der Waals surface area contributed by atoms with Crippen LogP contribution in [0.5, 0.6) is 0 Å². The van der Waals surface area contributed by atoms with E-state index in [1.54, 1.807) is 0 Å². The Bertz CT molecular complexity index is 417. The molecule has 0 saturated heterocycles. The van der Waals surface area contributed by atoms with Gasteiger partial charge in [-0.25, -0.2) is 0 Å². The van der Waals surface area contributed by atoms with Gasteiger partial charge in [-0.2, -0.15) is 0 Å². The van der Waals surface area contributed by atoms with E-state index in [1.165, 1.54) is 141 Å². The number of unbranched alkanes of at least 4 members (excludes halogenated alkanes) is 18. The Balaban J connectivity index is 2.10. The summed E-state index contributed by atoms with van der Waals surface area (Å²) in [5.41, 5.74) is 0. The molecule has 2 nitrogen and oxygen atoms in total. The van der Waals surface area contributed by atoms with Gasteiger partial charge in [0.2, 0.25) is 0 Å². The van der Waals surface area contributed by atoms with Crippen LogP contribution in [0.3, 0.4) is 0 Å². The van der Waals surface area contributed by atoms with Crippen LogP contribution in [0, 0.1) is 0 Å². The fraction of sp³-hybridized carbons (Fsp3) is 0.933. The lowest BCUT2D eigenvalue weighted by molar-refractivity contribution is 0.114. The maximum atomic E-state index is 2.65. The molecule has 0 aromatic rings. The second-order valence-electron chi connectivity index (χ2n) is 10.7. The zero-order valence-electron chi connectivity index (χ0n) is 22.8. The standard InChI is InChI=1S/C30H60N2/c1-5-7-9-11-13-15-16-17-19-21-23-25-30-31(27-28-32(30)29(3)4)26-24-22-20-18-14-12-10-8-6-2/h27-30H,5-26H2,1-4H3. The van der Waals surface area contributed by atoms with E-state index in [0.717, 1.165) is 0 Å². The van der Waals surface area contributed by atoms with Crippen molar-refractivity contribution in [2.24, 2.45) is 0 Å². The van der Waals surface area contributed by atoms with Gasteiger partial charge in [0, 0.05) is 25.0 Å². The fourth-order valence-electron chi connectivity index (χ4n) is 5.18. The highest BCUT2D eigenvalue weighted by atomic mass is 15.4. The quantitative estimate of drug-likeness (QED) is 0.143. The Hall–Kier alpha value is -0.660. The molecule has 1 atom stereocenters. The van der Waals surface area contributed by atoms with Crippen LogP contribution in [-0.4, -0.2) is 28.6 Å². The normalized spacial score (nSPS) is 16.1. The molecule has 0 saturated carbocycles. The van der Waals surface area contributed by atoms with Crippen molar-refractivity contribution in [1.82, 2.24) is 9.80 Å². The van der Waals surface area contributed by atoms with Gasteiger partial charge < -0.3 is 9.80 Å². The van der Waals surface area contributed by atoms with E-state index in [2.05, 4.69) is 49.9 Å². The minimum Gasteiger partial charge on any atom is -0.356 e. The average Bonchev–Trinajstić information content (AvgIpc) is 3.19. The molecule has 32 heavy (non-hydrogen) atoms. The minimum absolute atomic E-state index is 0.608. The topological polar surface area (TPSA) is 6.48 Å². The lowest BCUT2D eigenvalue weighted by Crippen LogP contribution is -2.42. The maximum absolute atomic E-state index is 2.65. The van der Waals surface area contributed by atoms with Gasteiger partial charge in [-0.15, -0.1) is 0 Å². The van der Waals surface area contributed by atoms with Crippen LogP contribution < -0.4 is 0 Å². The molecule has 0 bridgehead atoms. The van der Waals surface area contributed by atoms with E-state index in [1.807, 2.05) is 0 Å². The van der Waals surface area contributed by atoms with Gasteiger partial charge in [0.15, 0.2) is 0 Å². The molecular formula is C30H60N2. The van der Waals surface area contributed by atoms with Crippen LogP contribution in [0.25, 0.3) is 0 Å². The second-order valence-corrected chi connectivity index (χ2v) is 10.7. The molecule has 1 rings (SSSR count). The molecule has 0 aromatic heterocycles. The summed E-state index contributed by atoms with van der Waals surface area (Å²) in [5.74, 6) is 0. The van der Waals surface area contributed by atoms with E-state index < -0.39 is 0 Å². The first-order chi connectivity index (χ1) is 15.7. The van der Waals surface area contributed by atoms with Crippen molar-refractivity contribution in [1.29, 1.82) is 0 Å². The minimum atomic E-state index is 0.608. The van der Waals surface area contributed by atoms with Crippen molar-refractivity contribution in [2.45, 2.75) is 175 Å². The van der Waals surface area contributed by atoms with Crippen LogP contribution in [0.1, 0.15) is 163 Å². The highest BCUT2D eigenvalue weighted by Gasteiger charge is 2.26. The molecule has 0 N–H and O–H groups in total. The Kier molecular flexibility index (Phi) is 19.2. The van der Waals surface area contributed by atoms with E-state index in [-0.39, 0.29) is 0 Å². The number of rotatable bonds is 23. The summed E-state index contributed by atoms with van der Waals surface area (Å²) in [6, 6.07) is 0.608. The molecule has 2 heteroatoms. The fourth-order valence-corrected chi connectivity index (χ4v) is 5.18. The first-order valence-electron chi connectivity index (χ1n) is 14.9. The van der Waals surface area contributed by atoms with Gasteiger partial charge in [0.05, 0.1) is 0 Å². The molecule has 1 aliphatic rings. The third-order valence-electron chi connectivity index (χ3n) is 7.34. The van der Waals surface area contributed by atoms with Crippen molar-refractivity contribution in [3.05, 3.63) is 12.4 Å². The van der Waals surface area contributed by atoms with Crippen LogP contribution in [0.2, 0.25) is 0 Å². The lowest BCUT2D eigenvalue weighted by atomic mass is 10.0. The molecular weight excluding hydrogens is 388 g/mol. The summed E-state index contributed by atoms with van der Waals surface area (Å²) in [5, 5.41) is 0. The van der Waals surface area contributed by atoms with E-state index >= 15 is 0 Å². The zero-order chi connectivity index (χ0) is 23.3. The smallest absolute Gasteiger partial charge is 0.101 e. The predicted octanol–water partition coefficient (Wildman–Crippen LogP) is 10.0. The van der Waals surface area contributed by atoms with Gasteiger partial charge in [-0.05, 0) is 33.1 Å². The SMILES string of the molecule is CCCCCCCCCCCCCC1N(CCCCCCCCCCC)C=CN1C(C)C. The van der Waals surface area contributed by atoms with Crippen molar-refractivity contribution in [2.75, 3.05) is 6.54 Å². The summed E-state index contributed by atoms with van der Waals surface area (Å²) in [6.07, 6.45) is 35.3.